The Morgan fingerprint density at radius 3 is 2.79 bits per heavy atom. The van der Waals surface area contributed by atoms with Crippen LogP contribution in [-0.4, -0.2) is 38.9 Å². The molecule has 0 aliphatic heterocycles. The van der Waals surface area contributed by atoms with Gasteiger partial charge in [-0.05, 0) is 49.4 Å². The molecule has 28 heavy (non-hydrogen) atoms. The van der Waals surface area contributed by atoms with Crippen LogP contribution in [0.1, 0.15) is 57.8 Å². The fraction of sp³-hybridized carbons (Fsp3) is 0.333. The van der Waals surface area contributed by atoms with Gasteiger partial charge in [0.15, 0.2) is 5.78 Å². The smallest absolute Gasteiger partial charge is 0.270 e. The number of thiophene rings is 1. The van der Waals surface area contributed by atoms with Crippen molar-refractivity contribution in [3.8, 4) is 0 Å². The molecule has 0 spiro atoms. The van der Waals surface area contributed by atoms with Gasteiger partial charge >= 0.3 is 0 Å². The lowest BCUT2D eigenvalue weighted by atomic mass is 9.92. The van der Waals surface area contributed by atoms with E-state index < -0.39 is 6.10 Å². The fourth-order valence-corrected chi connectivity index (χ4v) is 4.37. The zero-order chi connectivity index (χ0) is 19.7. The van der Waals surface area contributed by atoms with Crippen molar-refractivity contribution in [1.29, 1.82) is 0 Å². The van der Waals surface area contributed by atoms with Gasteiger partial charge in [-0.15, -0.1) is 11.3 Å². The highest BCUT2D eigenvalue weighted by Gasteiger charge is 2.26. The number of aromatic nitrogens is 2. The predicted octanol–water partition coefficient (Wildman–Crippen LogP) is 3.26. The number of nitrogens with one attached hydrogen (secondary N) is 1. The molecule has 144 valence electrons. The van der Waals surface area contributed by atoms with Crippen LogP contribution in [0.3, 0.4) is 0 Å². The highest BCUT2D eigenvalue weighted by molar-refractivity contribution is 7.17. The van der Waals surface area contributed by atoms with Crippen LogP contribution in [0.2, 0.25) is 0 Å². The van der Waals surface area contributed by atoms with Gasteiger partial charge in [0, 0.05) is 23.0 Å². The first kappa shape index (κ1) is 18.7. The van der Waals surface area contributed by atoms with Crippen molar-refractivity contribution < 1.29 is 14.7 Å². The summed E-state index contributed by atoms with van der Waals surface area (Å²) in [6.45, 7) is 1.86. The quantitative estimate of drug-likeness (QED) is 0.662. The molecule has 0 saturated heterocycles. The number of aryl methyl sites for hydroxylation is 1. The summed E-state index contributed by atoms with van der Waals surface area (Å²) in [5.41, 5.74) is 2.55. The topological polar surface area (TPSA) is 92.2 Å². The van der Waals surface area contributed by atoms with Crippen LogP contribution in [0.5, 0.6) is 0 Å². The van der Waals surface area contributed by atoms with E-state index in [1.165, 1.54) is 11.3 Å². The molecule has 4 rings (SSSR count). The standard InChI is InChI=1S/C21H21N3O3S/c1-12-6-7-13(11-22-12)19(26)14-10-17(23-16-8-9-28-20(14)16)21(27)24-15-4-2-3-5-18(15)25/h6-11,15,18,25H,2-5H2,1H3,(H,24,27)/t15-,18-/m1/s1. The number of aliphatic hydroxyl groups excluding tert-OH is 1. The second kappa shape index (κ2) is 7.77. The molecule has 0 aromatic carbocycles. The number of carbonyl (C=O) groups is 2. The molecule has 6 nitrogen and oxygen atoms in total. The molecule has 1 amide bonds. The third kappa shape index (κ3) is 3.68. The van der Waals surface area contributed by atoms with Gasteiger partial charge in [-0.2, -0.15) is 0 Å². The van der Waals surface area contributed by atoms with Gasteiger partial charge in [-0.1, -0.05) is 12.8 Å². The molecule has 1 fully saturated rings. The molecule has 0 unspecified atom stereocenters. The second-order valence-corrected chi connectivity index (χ2v) is 8.06. The number of pyridine rings is 2. The first-order valence-electron chi connectivity index (χ1n) is 9.37. The molecule has 2 atom stereocenters. The number of rotatable bonds is 4. The lowest BCUT2D eigenvalue weighted by molar-refractivity contribution is 0.0714. The Morgan fingerprint density at radius 2 is 2.04 bits per heavy atom. The zero-order valence-electron chi connectivity index (χ0n) is 15.5. The highest BCUT2D eigenvalue weighted by atomic mass is 32.1. The summed E-state index contributed by atoms with van der Waals surface area (Å²) in [6.07, 6.45) is 4.39. The van der Waals surface area contributed by atoms with Gasteiger partial charge in [0.1, 0.15) is 5.69 Å². The normalized spacial score (nSPS) is 19.5. The van der Waals surface area contributed by atoms with Crippen molar-refractivity contribution in [3.63, 3.8) is 0 Å². The van der Waals surface area contributed by atoms with Crippen molar-refractivity contribution in [3.05, 3.63) is 58.4 Å². The van der Waals surface area contributed by atoms with E-state index in [9.17, 15) is 14.7 Å². The molecule has 0 radical (unpaired) electrons. The Hall–Kier alpha value is -2.64. The monoisotopic (exact) mass is 395 g/mol. The van der Waals surface area contributed by atoms with Crippen LogP contribution in [0.15, 0.2) is 35.8 Å². The number of hydrogen-bond acceptors (Lipinski definition) is 6. The van der Waals surface area contributed by atoms with Crippen LogP contribution >= 0.6 is 11.3 Å². The molecular formula is C21H21N3O3S. The Kier molecular flexibility index (Phi) is 5.19. The lowest BCUT2D eigenvalue weighted by Crippen LogP contribution is -2.45. The molecule has 1 aliphatic rings. The molecule has 3 aromatic rings. The van der Waals surface area contributed by atoms with Crippen molar-refractivity contribution in [2.75, 3.05) is 0 Å². The maximum absolute atomic E-state index is 13.1. The summed E-state index contributed by atoms with van der Waals surface area (Å²) in [6, 6.07) is 6.60. The molecule has 3 aromatic heterocycles. The van der Waals surface area contributed by atoms with Gasteiger partial charge in [0.05, 0.1) is 22.4 Å². The van der Waals surface area contributed by atoms with E-state index in [1.54, 1.807) is 30.5 Å². The predicted molar refractivity (Wildman–Crippen MR) is 108 cm³/mol. The number of hydrogen-bond donors (Lipinski definition) is 2. The molecule has 7 heteroatoms. The van der Waals surface area contributed by atoms with E-state index in [0.717, 1.165) is 29.7 Å². The number of ketones is 1. The largest absolute Gasteiger partial charge is 0.391 e. The summed E-state index contributed by atoms with van der Waals surface area (Å²) in [4.78, 5) is 34.5. The number of fused-ring (bicyclic) bond motifs is 1. The molecule has 0 bridgehead atoms. The fourth-order valence-electron chi connectivity index (χ4n) is 3.52. The molecular weight excluding hydrogens is 374 g/mol. The van der Waals surface area contributed by atoms with E-state index in [1.807, 2.05) is 12.3 Å². The molecule has 1 saturated carbocycles. The third-order valence-corrected chi connectivity index (χ3v) is 6.04. The second-order valence-electron chi connectivity index (χ2n) is 7.14. The van der Waals surface area contributed by atoms with Crippen LogP contribution in [0, 0.1) is 6.92 Å². The number of aliphatic hydroxyl groups is 1. The lowest BCUT2D eigenvalue weighted by Gasteiger charge is -2.28. The van der Waals surface area contributed by atoms with Gasteiger partial charge < -0.3 is 10.4 Å². The summed E-state index contributed by atoms with van der Waals surface area (Å²) in [7, 11) is 0. The zero-order valence-corrected chi connectivity index (χ0v) is 16.3. The van der Waals surface area contributed by atoms with Crippen LogP contribution in [-0.2, 0) is 0 Å². The van der Waals surface area contributed by atoms with Gasteiger partial charge in [0.2, 0.25) is 0 Å². The molecule has 2 N–H and O–H groups in total. The summed E-state index contributed by atoms with van der Waals surface area (Å²) < 4.78 is 0.750. The van der Waals surface area contributed by atoms with Gasteiger partial charge in [-0.25, -0.2) is 4.98 Å². The molecule has 1 aliphatic carbocycles. The van der Waals surface area contributed by atoms with E-state index in [-0.39, 0.29) is 23.4 Å². The van der Waals surface area contributed by atoms with Gasteiger partial charge in [-0.3, -0.25) is 14.6 Å². The summed E-state index contributed by atoms with van der Waals surface area (Å²) >= 11 is 1.42. The maximum atomic E-state index is 13.1. The first-order chi connectivity index (χ1) is 13.5. The Bertz CT molecular complexity index is 1030. The number of carbonyl (C=O) groups excluding carboxylic acids is 2. The van der Waals surface area contributed by atoms with Crippen molar-refractivity contribution in [1.82, 2.24) is 15.3 Å². The summed E-state index contributed by atoms with van der Waals surface area (Å²) in [5.74, 6) is -0.552. The average Bonchev–Trinajstić information content (AvgIpc) is 3.17. The number of amides is 1. The van der Waals surface area contributed by atoms with Crippen LogP contribution in [0.4, 0.5) is 0 Å². The summed E-state index contributed by atoms with van der Waals surface area (Å²) in [5, 5.41) is 14.9. The maximum Gasteiger partial charge on any atom is 0.270 e. The Morgan fingerprint density at radius 1 is 1.21 bits per heavy atom. The molecule has 3 heterocycles. The van der Waals surface area contributed by atoms with E-state index >= 15 is 0 Å². The minimum absolute atomic E-state index is 0.186. The Labute approximate surface area is 166 Å². The Balaban J connectivity index is 1.67. The average molecular weight is 395 g/mol. The highest BCUT2D eigenvalue weighted by Crippen LogP contribution is 2.27. The van der Waals surface area contributed by atoms with Gasteiger partial charge in [0.25, 0.3) is 5.91 Å². The van der Waals surface area contributed by atoms with E-state index in [2.05, 4.69) is 15.3 Å². The van der Waals surface area contributed by atoms with Crippen molar-refractivity contribution in [2.45, 2.75) is 44.8 Å². The van der Waals surface area contributed by atoms with E-state index in [0.29, 0.717) is 23.1 Å². The minimum Gasteiger partial charge on any atom is -0.391 e. The van der Waals surface area contributed by atoms with Crippen molar-refractivity contribution in [2.24, 2.45) is 0 Å². The van der Waals surface area contributed by atoms with E-state index in [4.69, 9.17) is 0 Å². The van der Waals surface area contributed by atoms with Crippen molar-refractivity contribution >= 4 is 33.2 Å². The number of nitrogens with zero attached hydrogens (tertiary/aromatic N) is 2. The third-order valence-electron chi connectivity index (χ3n) is 5.11. The SMILES string of the molecule is Cc1ccc(C(=O)c2cc(C(=O)N[C@@H]3CCCC[C@H]3O)nc3ccsc23)cn1. The van der Waals surface area contributed by atoms with Crippen LogP contribution in [0.25, 0.3) is 10.2 Å². The van der Waals surface area contributed by atoms with Crippen LogP contribution < -0.4 is 5.32 Å². The minimum atomic E-state index is -0.540. The first-order valence-corrected chi connectivity index (χ1v) is 10.3.